The highest BCUT2D eigenvalue weighted by Crippen LogP contribution is 2.15. The maximum atomic E-state index is 13.1. The predicted octanol–water partition coefficient (Wildman–Crippen LogP) is 2.46. The van der Waals surface area contributed by atoms with Crippen LogP contribution in [0.1, 0.15) is 20.3 Å². The van der Waals surface area contributed by atoms with Crippen molar-refractivity contribution in [3.05, 3.63) is 42.2 Å². The fourth-order valence-electron chi connectivity index (χ4n) is 1.48. The number of aliphatic imine (C=N–C) groups is 1. The lowest BCUT2D eigenvalue weighted by molar-refractivity contribution is 0.205. The second-order valence-electron chi connectivity index (χ2n) is 4.64. The summed E-state index contributed by atoms with van der Waals surface area (Å²) in [7, 11) is 0. The summed E-state index contributed by atoms with van der Waals surface area (Å²) in [4.78, 5) is 4.21. The summed E-state index contributed by atoms with van der Waals surface area (Å²) in [6.07, 6.45) is 0.621. The Bertz CT molecular complexity index is 474. The second kappa shape index (κ2) is 8.19. The standard InChI is InChI=1S/C15H22FN3O/c1-4-13(10-19-15(17)18-9-11(2)3)20-14-7-5-6-12(16)8-14/h5-8,13H,2,4,9-10H2,1,3H3,(H3,17,18,19). The molecule has 0 fully saturated rings. The summed E-state index contributed by atoms with van der Waals surface area (Å²) in [6.45, 7) is 8.67. The maximum Gasteiger partial charge on any atom is 0.188 e. The van der Waals surface area contributed by atoms with Crippen molar-refractivity contribution in [3.8, 4) is 5.75 Å². The number of rotatable bonds is 7. The van der Waals surface area contributed by atoms with Gasteiger partial charge in [0, 0.05) is 12.6 Å². The van der Waals surface area contributed by atoms with Gasteiger partial charge in [-0.05, 0) is 25.5 Å². The first-order chi connectivity index (χ1) is 9.51. The zero-order valence-electron chi connectivity index (χ0n) is 12.0. The highest BCUT2D eigenvalue weighted by Gasteiger charge is 2.08. The highest BCUT2D eigenvalue weighted by atomic mass is 19.1. The van der Waals surface area contributed by atoms with Gasteiger partial charge in [0.1, 0.15) is 17.7 Å². The number of hydrogen-bond acceptors (Lipinski definition) is 2. The van der Waals surface area contributed by atoms with Crippen molar-refractivity contribution in [2.24, 2.45) is 10.7 Å². The first-order valence-corrected chi connectivity index (χ1v) is 6.61. The van der Waals surface area contributed by atoms with E-state index >= 15 is 0 Å². The Morgan fingerprint density at radius 3 is 2.90 bits per heavy atom. The van der Waals surface area contributed by atoms with Crippen LogP contribution in [-0.2, 0) is 0 Å². The van der Waals surface area contributed by atoms with Crippen LogP contribution in [0.25, 0.3) is 0 Å². The van der Waals surface area contributed by atoms with Crippen LogP contribution < -0.4 is 15.8 Å². The average Bonchev–Trinajstić information content (AvgIpc) is 2.41. The van der Waals surface area contributed by atoms with Gasteiger partial charge in [0.2, 0.25) is 0 Å². The Balaban J connectivity index is 2.50. The van der Waals surface area contributed by atoms with Crippen molar-refractivity contribution < 1.29 is 9.13 Å². The van der Waals surface area contributed by atoms with Crippen LogP contribution in [-0.4, -0.2) is 25.2 Å². The summed E-state index contributed by atoms with van der Waals surface area (Å²) >= 11 is 0. The number of benzene rings is 1. The fraction of sp³-hybridized carbons (Fsp3) is 0.400. The van der Waals surface area contributed by atoms with Crippen LogP contribution >= 0.6 is 0 Å². The quantitative estimate of drug-likeness (QED) is 0.458. The Labute approximate surface area is 119 Å². The fourth-order valence-corrected chi connectivity index (χ4v) is 1.48. The summed E-state index contributed by atoms with van der Waals surface area (Å²) in [5.74, 6) is 0.540. The molecule has 0 spiro atoms. The third-order valence-electron chi connectivity index (χ3n) is 2.59. The Hall–Kier alpha value is -2.04. The molecule has 0 bridgehead atoms. The molecule has 0 aromatic heterocycles. The van der Waals surface area contributed by atoms with E-state index in [0.717, 1.165) is 12.0 Å². The molecule has 5 heteroatoms. The number of ether oxygens (including phenoxy) is 1. The second-order valence-corrected chi connectivity index (χ2v) is 4.64. The SMILES string of the molecule is C=C(C)CNC(N)=NCC(CC)Oc1cccc(F)c1. The van der Waals surface area contributed by atoms with Gasteiger partial charge in [0.25, 0.3) is 0 Å². The average molecular weight is 279 g/mol. The Kier molecular flexibility index (Phi) is 6.56. The van der Waals surface area contributed by atoms with Crippen LogP contribution in [0.4, 0.5) is 4.39 Å². The van der Waals surface area contributed by atoms with Crippen molar-refractivity contribution in [2.75, 3.05) is 13.1 Å². The van der Waals surface area contributed by atoms with Crippen LogP contribution in [0, 0.1) is 5.82 Å². The lowest BCUT2D eigenvalue weighted by Crippen LogP contribution is -2.34. The number of nitrogens with two attached hydrogens (primary N) is 1. The van der Waals surface area contributed by atoms with Crippen LogP contribution in [0.2, 0.25) is 0 Å². The molecule has 0 aliphatic carbocycles. The van der Waals surface area contributed by atoms with Gasteiger partial charge in [-0.2, -0.15) is 0 Å². The highest BCUT2D eigenvalue weighted by molar-refractivity contribution is 5.78. The third-order valence-corrected chi connectivity index (χ3v) is 2.59. The van der Waals surface area contributed by atoms with E-state index in [2.05, 4.69) is 16.9 Å². The van der Waals surface area contributed by atoms with Crippen LogP contribution in [0.15, 0.2) is 41.4 Å². The lowest BCUT2D eigenvalue weighted by Gasteiger charge is -2.16. The molecule has 0 heterocycles. The Morgan fingerprint density at radius 1 is 1.55 bits per heavy atom. The van der Waals surface area contributed by atoms with Crippen molar-refractivity contribution in [1.29, 1.82) is 0 Å². The summed E-state index contributed by atoms with van der Waals surface area (Å²) in [6, 6.07) is 6.07. The first kappa shape index (κ1) is 16.0. The largest absolute Gasteiger partial charge is 0.488 e. The van der Waals surface area contributed by atoms with Gasteiger partial charge in [-0.15, -0.1) is 0 Å². The molecular formula is C15H22FN3O. The summed E-state index contributed by atoms with van der Waals surface area (Å²) < 4.78 is 18.7. The molecule has 110 valence electrons. The molecule has 1 aromatic rings. The molecule has 0 saturated carbocycles. The van der Waals surface area contributed by atoms with Crippen molar-refractivity contribution in [2.45, 2.75) is 26.4 Å². The van der Waals surface area contributed by atoms with E-state index in [0.29, 0.717) is 24.8 Å². The molecule has 1 atom stereocenters. The van der Waals surface area contributed by atoms with E-state index in [1.807, 2.05) is 13.8 Å². The van der Waals surface area contributed by atoms with Crippen molar-refractivity contribution in [3.63, 3.8) is 0 Å². The van der Waals surface area contributed by atoms with Gasteiger partial charge in [-0.3, -0.25) is 0 Å². The van der Waals surface area contributed by atoms with Gasteiger partial charge in [0.15, 0.2) is 5.96 Å². The van der Waals surface area contributed by atoms with Gasteiger partial charge >= 0.3 is 0 Å². The van der Waals surface area contributed by atoms with Crippen LogP contribution in [0.5, 0.6) is 5.75 Å². The molecule has 0 radical (unpaired) electrons. The molecule has 1 rings (SSSR count). The molecule has 0 saturated heterocycles. The molecule has 3 N–H and O–H groups in total. The minimum atomic E-state index is -0.316. The molecule has 0 amide bonds. The van der Waals surface area contributed by atoms with E-state index in [1.165, 1.54) is 12.1 Å². The smallest absolute Gasteiger partial charge is 0.188 e. The topological polar surface area (TPSA) is 59.6 Å². The first-order valence-electron chi connectivity index (χ1n) is 6.61. The molecular weight excluding hydrogens is 257 g/mol. The lowest BCUT2D eigenvalue weighted by atomic mass is 10.2. The van der Waals surface area contributed by atoms with E-state index in [-0.39, 0.29) is 11.9 Å². The monoisotopic (exact) mass is 279 g/mol. The number of halogens is 1. The van der Waals surface area contributed by atoms with E-state index in [9.17, 15) is 4.39 Å². The number of hydrogen-bond donors (Lipinski definition) is 2. The van der Waals surface area contributed by atoms with E-state index in [4.69, 9.17) is 10.5 Å². The zero-order chi connectivity index (χ0) is 15.0. The zero-order valence-corrected chi connectivity index (χ0v) is 12.0. The molecule has 0 aliphatic rings. The summed E-state index contributed by atoms with van der Waals surface area (Å²) in [5.41, 5.74) is 6.70. The number of nitrogens with one attached hydrogen (secondary N) is 1. The minimum absolute atomic E-state index is 0.137. The molecule has 1 aromatic carbocycles. The normalized spacial score (nSPS) is 12.8. The Morgan fingerprint density at radius 2 is 2.30 bits per heavy atom. The van der Waals surface area contributed by atoms with Gasteiger partial charge in [0.05, 0.1) is 6.54 Å². The minimum Gasteiger partial charge on any atom is -0.488 e. The van der Waals surface area contributed by atoms with Gasteiger partial charge in [-0.25, -0.2) is 9.38 Å². The molecule has 4 nitrogen and oxygen atoms in total. The predicted molar refractivity (Wildman–Crippen MR) is 80.4 cm³/mol. The molecule has 20 heavy (non-hydrogen) atoms. The van der Waals surface area contributed by atoms with E-state index in [1.54, 1.807) is 12.1 Å². The maximum absolute atomic E-state index is 13.1. The van der Waals surface area contributed by atoms with Crippen molar-refractivity contribution >= 4 is 5.96 Å². The summed E-state index contributed by atoms with van der Waals surface area (Å²) in [5, 5.41) is 2.95. The number of guanidine groups is 1. The molecule has 0 aliphatic heterocycles. The van der Waals surface area contributed by atoms with Gasteiger partial charge < -0.3 is 15.8 Å². The van der Waals surface area contributed by atoms with Crippen molar-refractivity contribution in [1.82, 2.24) is 5.32 Å². The molecule has 1 unspecified atom stereocenters. The third kappa shape index (κ3) is 6.22. The van der Waals surface area contributed by atoms with Crippen LogP contribution in [0.3, 0.4) is 0 Å². The van der Waals surface area contributed by atoms with E-state index < -0.39 is 0 Å². The van der Waals surface area contributed by atoms with Gasteiger partial charge in [-0.1, -0.05) is 25.1 Å². The number of nitrogens with zero attached hydrogens (tertiary/aromatic N) is 1.